The third kappa shape index (κ3) is 5.46. The van der Waals surface area contributed by atoms with E-state index in [9.17, 15) is 0 Å². The second-order valence-electron chi connectivity index (χ2n) is 5.44. The molecule has 0 aliphatic heterocycles. The topological polar surface area (TPSA) is 0 Å². The van der Waals surface area contributed by atoms with Crippen LogP contribution in [0.2, 0.25) is 0 Å². The van der Waals surface area contributed by atoms with Crippen LogP contribution in [0, 0.1) is 6.42 Å². The molecule has 0 atom stereocenters. The van der Waals surface area contributed by atoms with E-state index < -0.39 is 38.5 Å². The highest BCUT2D eigenvalue weighted by atomic mass is 35.6. The summed E-state index contributed by atoms with van der Waals surface area (Å²) in [4.78, 5) is -2.98. The molecule has 30 heavy (non-hydrogen) atoms. The third-order valence-corrected chi connectivity index (χ3v) is 15.5. The molecule has 0 aliphatic carbocycles. The lowest BCUT2D eigenvalue weighted by Crippen LogP contribution is -2.73. The second kappa shape index (κ2) is 10.6. The van der Waals surface area contributed by atoms with Gasteiger partial charge < -0.3 is 0 Å². The number of alkyl halides is 19. The highest BCUT2D eigenvalue weighted by molar-refractivity contribution is 6.83. The molecule has 0 amide bonds. The van der Waals surface area contributed by atoms with Crippen LogP contribution in [-0.4, -0.2) is 38.5 Å². The summed E-state index contributed by atoms with van der Waals surface area (Å²) < 4.78 is -22.6. The van der Waals surface area contributed by atoms with Gasteiger partial charge in [0.15, 0.2) is 30.9 Å². The average molecular weight is 810 g/mol. The van der Waals surface area contributed by atoms with E-state index in [-0.39, 0.29) is 0 Å². The van der Waals surface area contributed by atoms with Crippen LogP contribution in [0.4, 0.5) is 0 Å². The van der Waals surface area contributed by atoms with Crippen LogP contribution in [0.5, 0.6) is 0 Å². The van der Waals surface area contributed by atoms with Crippen molar-refractivity contribution in [2.45, 2.75) is 45.4 Å². The number of rotatable bonds is 7. The van der Waals surface area contributed by atoms with Gasteiger partial charge in [0.1, 0.15) is 0 Å². The fourth-order valence-corrected chi connectivity index (χ4v) is 8.80. The minimum atomic E-state index is -3.10. The van der Waals surface area contributed by atoms with E-state index in [0.717, 1.165) is 6.42 Å². The zero-order valence-electron chi connectivity index (χ0n) is 13.3. The van der Waals surface area contributed by atoms with Gasteiger partial charge in [0.05, 0.1) is 0 Å². The van der Waals surface area contributed by atoms with Gasteiger partial charge in [-0.05, 0) is 6.42 Å². The van der Waals surface area contributed by atoms with Crippen molar-refractivity contribution in [3.8, 4) is 0 Å². The van der Waals surface area contributed by atoms with Crippen molar-refractivity contribution < 1.29 is 0 Å². The summed E-state index contributed by atoms with van der Waals surface area (Å²) >= 11 is 116. The van der Waals surface area contributed by atoms with Gasteiger partial charge in [0, 0.05) is 0 Å². The standard InChI is InChI=1S/C11H4Cl19/c1-2-3(12,13)5(15,16)7(19,20)9(23,24)8(21,22)6(17,18)4(14,10(25,26)27)11(28,29)30/h2H,1H3. The molecule has 0 rings (SSSR count). The third-order valence-electron chi connectivity index (χ3n) is 3.57. The van der Waals surface area contributed by atoms with Gasteiger partial charge >= 0.3 is 0 Å². The van der Waals surface area contributed by atoms with Crippen LogP contribution in [-0.2, 0) is 0 Å². The van der Waals surface area contributed by atoms with Gasteiger partial charge in [-0.15, -0.1) is 11.6 Å². The van der Waals surface area contributed by atoms with E-state index in [1.54, 1.807) is 0 Å². The van der Waals surface area contributed by atoms with Crippen LogP contribution in [0.15, 0.2) is 0 Å². The molecule has 0 aliphatic rings. The molecule has 0 unspecified atom stereocenters. The highest BCUT2D eigenvalue weighted by Crippen LogP contribution is 2.74. The zero-order valence-corrected chi connectivity index (χ0v) is 27.6. The van der Waals surface area contributed by atoms with Gasteiger partial charge in [0.2, 0.25) is 7.59 Å². The van der Waals surface area contributed by atoms with Crippen molar-refractivity contribution in [2.24, 2.45) is 0 Å². The first-order valence-electron chi connectivity index (χ1n) is 6.46. The summed E-state index contributed by atoms with van der Waals surface area (Å²) in [6.45, 7) is 1.35. The van der Waals surface area contributed by atoms with E-state index in [0.29, 0.717) is 0 Å². The second-order valence-corrected chi connectivity index (χ2v) is 18.6. The van der Waals surface area contributed by atoms with E-state index in [1.807, 2.05) is 0 Å². The highest BCUT2D eigenvalue weighted by Gasteiger charge is 2.83. The monoisotopic (exact) mass is 800 g/mol. The fourth-order valence-electron chi connectivity index (χ4n) is 1.72. The van der Waals surface area contributed by atoms with E-state index in [4.69, 9.17) is 220 Å². The Bertz CT molecular complexity index is 605. The molecule has 0 N–H and O–H groups in total. The van der Waals surface area contributed by atoms with Gasteiger partial charge in [-0.2, -0.15) is 0 Å². The molecule has 19 heteroatoms. The maximum absolute atomic E-state index is 6.32. The molecule has 0 aromatic heterocycles. The van der Waals surface area contributed by atoms with Crippen molar-refractivity contribution >= 4 is 220 Å². The smallest absolute Gasteiger partial charge is 0.106 e. The first kappa shape index (κ1) is 35.5. The van der Waals surface area contributed by atoms with Gasteiger partial charge in [0.25, 0.3) is 0 Å². The minimum Gasteiger partial charge on any atom is -0.106 e. The van der Waals surface area contributed by atoms with Crippen LogP contribution in [0.1, 0.15) is 6.92 Å². The van der Waals surface area contributed by atoms with Crippen molar-refractivity contribution in [1.29, 1.82) is 0 Å². The summed E-state index contributed by atoms with van der Waals surface area (Å²) in [5, 5.41) is 0. The normalized spacial score (nSPS) is 16.8. The molecule has 0 aromatic rings. The number of hydrogen-bond acceptors (Lipinski definition) is 0. The molecule has 0 bridgehead atoms. The molecule has 181 valence electrons. The number of hydrogen-bond donors (Lipinski definition) is 0. The summed E-state index contributed by atoms with van der Waals surface area (Å²) in [5.41, 5.74) is 0. The Balaban J connectivity index is 7.06. The van der Waals surface area contributed by atoms with Crippen molar-refractivity contribution in [1.82, 2.24) is 0 Å². The first-order chi connectivity index (χ1) is 12.6. The predicted octanol–water partition coefficient (Wildman–Crippen LogP) is 12.0. The van der Waals surface area contributed by atoms with Crippen molar-refractivity contribution in [2.75, 3.05) is 0 Å². The molecule has 0 nitrogen and oxygen atoms in total. The van der Waals surface area contributed by atoms with Gasteiger partial charge in [-0.3, -0.25) is 0 Å². The lowest BCUT2D eigenvalue weighted by atomic mass is 9.96. The molecular formula is C11H4Cl19. The average Bonchev–Trinajstić information content (AvgIpc) is 2.50. The predicted molar refractivity (Wildman–Crippen MR) is 146 cm³/mol. The zero-order chi connectivity index (χ0) is 25.2. The summed E-state index contributed by atoms with van der Waals surface area (Å²) in [6.07, 6.45) is 1.09. The Morgan fingerprint density at radius 2 is 0.600 bits per heavy atom. The Labute approximate surface area is 268 Å². The summed E-state index contributed by atoms with van der Waals surface area (Å²) in [5.74, 6) is 0. The molecule has 0 aromatic carbocycles. The lowest BCUT2D eigenvalue weighted by molar-refractivity contribution is 0.413. The fraction of sp³-hybridized carbons (Fsp3) is 0.909. The van der Waals surface area contributed by atoms with Crippen LogP contribution < -0.4 is 0 Å². The Morgan fingerprint density at radius 3 is 0.833 bits per heavy atom. The van der Waals surface area contributed by atoms with Gasteiger partial charge in [-0.1, -0.05) is 216 Å². The van der Waals surface area contributed by atoms with E-state index >= 15 is 0 Å². The summed E-state index contributed by atoms with van der Waals surface area (Å²) in [6, 6.07) is 0. The summed E-state index contributed by atoms with van der Waals surface area (Å²) in [7, 11) is 0. The quantitative estimate of drug-likeness (QED) is 0.225. The molecule has 0 spiro atoms. The minimum absolute atomic E-state index is 1.09. The molecule has 0 heterocycles. The maximum atomic E-state index is 6.32. The SMILES string of the molecule is C[CH]C(Cl)(Cl)C(Cl)(Cl)C(Cl)(Cl)C(Cl)(Cl)C(Cl)(Cl)C(Cl)(Cl)C(Cl)(C(Cl)(Cl)Cl)C(Cl)(Cl)Cl. The van der Waals surface area contributed by atoms with Crippen molar-refractivity contribution in [3.05, 3.63) is 6.42 Å². The molecule has 0 saturated heterocycles. The van der Waals surface area contributed by atoms with E-state index in [2.05, 4.69) is 0 Å². The van der Waals surface area contributed by atoms with Crippen molar-refractivity contribution in [3.63, 3.8) is 0 Å². The Kier molecular flexibility index (Phi) is 12.5. The Hall–Kier alpha value is 5.51. The number of halogens is 19. The van der Waals surface area contributed by atoms with Crippen LogP contribution >= 0.6 is 220 Å². The molecule has 0 saturated carbocycles. The molecule has 0 fully saturated rings. The van der Waals surface area contributed by atoms with E-state index in [1.165, 1.54) is 6.92 Å². The Morgan fingerprint density at radius 1 is 0.367 bits per heavy atom. The molecular weight excluding hydrogens is 806 g/mol. The lowest BCUT2D eigenvalue weighted by Gasteiger charge is -2.56. The first-order valence-corrected chi connectivity index (χ1v) is 13.6. The van der Waals surface area contributed by atoms with Crippen LogP contribution in [0.3, 0.4) is 0 Å². The largest absolute Gasteiger partial charge is 0.216 e. The van der Waals surface area contributed by atoms with Crippen LogP contribution in [0.25, 0.3) is 0 Å². The van der Waals surface area contributed by atoms with Gasteiger partial charge in [-0.25, -0.2) is 0 Å². The molecule has 1 radical (unpaired) electrons. The maximum Gasteiger partial charge on any atom is 0.216 e.